The third-order valence-corrected chi connectivity index (χ3v) is 3.38. The predicted molar refractivity (Wildman–Crippen MR) is 85.2 cm³/mol. The summed E-state index contributed by atoms with van der Waals surface area (Å²) in [5, 5.41) is 2.89. The molecule has 0 saturated carbocycles. The van der Waals surface area contributed by atoms with Crippen molar-refractivity contribution in [1.29, 1.82) is 0 Å². The van der Waals surface area contributed by atoms with Crippen molar-refractivity contribution in [3.63, 3.8) is 0 Å². The standard InChI is InChI=1S/C17H20N2O3/c1-4-22-15-7-5-6-13(10-15)12(2)18-17(21)14-8-9-19(3)16(20)11-14/h5-12H,4H2,1-3H3,(H,18,21)/t12-/m0/s1. The van der Waals surface area contributed by atoms with Crippen LogP contribution in [0.15, 0.2) is 47.4 Å². The first-order valence-electron chi connectivity index (χ1n) is 7.21. The highest BCUT2D eigenvalue weighted by atomic mass is 16.5. The number of amides is 1. The molecule has 0 bridgehead atoms. The number of aromatic nitrogens is 1. The fourth-order valence-electron chi connectivity index (χ4n) is 2.09. The lowest BCUT2D eigenvalue weighted by Gasteiger charge is -2.15. The molecule has 2 aromatic rings. The van der Waals surface area contributed by atoms with Crippen molar-refractivity contribution in [2.45, 2.75) is 19.9 Å². The van der Waals surface area contributed by atoms with Gasteiger partial charge in [0, 0.05) is 24.9 Å². The molecule has 5 heteroatoms. The molecular formula is C17H20N2O3. The van der Waals surface area contributed by atoms with Gasteiger partial charge in [0.25, 0.3) is 11.5 Å². The Kier molecular flexibility index (Phi) is 4.99. The largest absolute Gasteiger partial charge is 0.494 e. The zero-order valence-corrected chi connectivity index (χ0v) is 13.0. The molecule has 1 atom stereocenters. The summed E-state index contributed by atoms with van der Waals surface area (Å²) in [6.45, 7) is 4.41. The highest BCUT2D eigenvalue weighted by Gasteiger charge is 2.12. The van der Waals surface area contributed by atoms with E-state index in [9.17, 15) is 9.59 Å². The number of pyridine rings is 1. The Bertz CT molecular complexity index is 722. The van der Waals surface area contributed by atoms with E-state index in [-0.39, 0.29) is 17.5 Å². The minimum atomic E-state index is -0.271. The van der Waals surface area contributed by atoms with Crippen LogP contribution < -0.4 is 15.6 Å². The molecule has 116 valence electrons. The summed E-state index contributed by atoms with van der Waals surface area (Å²) in [6, 6.07) is 10.4. The average molecular weight is 300 g/mol. The van der Waals surface area contributed by atoms with Crippen LogP contribution in [0, 0.1) is 0 Å². The number of carbonyl (C=O) groups excluding carboxylic acids is 1. The van der Waals surface area contributed by atoms with Gasteiger partial charge in [-0.15, -0.1) is 0 Å². The lowest BCUT2D eigenvalue weighted by atomic mass is 10.1. The van der Waals surface area contributed by atoms with Crippen LogP contribution in [-0.4, -0.2) is 17.1 Å². The van der Waals surface area contributed by atoms with Crippen molar-refractivity contribution >= 4 is 5.91 Å². The summed E-state index contributed by atoms with van der Waals surface area (Å²) < 4.78 is 6.88. The van der Waals surface area contributed by atoms with E-state index in [0.717, 1.165) is 11.3 Å². The molecule has 0 aliphatic carbocycles. The lowest BCUT2D eigenvalue weighted by molar-refractivity contribution is 0.0939. The molecule has 0 radical (unpaired) electrons. The van der Waals surface area contributed by atoms with Gasteiger partial charge in [-0.2, -0.15) is 0 Å². The first kappa shape index (κ1) is 15.8. The van der Waals surface area contributed by atoms with Gasteiger partial charge in [0.2, 0.25) is 0 Å². The summed E-state index contributed by atoms with van der Waals surface area (Å²) in [5.41, 5.74) is 1.10. The van der Waals surface area contributed by atoms with Crippen LogP contribution in [0.3, 0.4) is 0 Å². The maximum atomic E-state index is 12.2. The molecule has 22 heavy (non-hydrogen) atoms. The normalized spacial score (nSPS) is 11.8. The minimum Gasteiger partial charge on any atom is -0.494 e. The van der Waals surface area contributed by atoms with Crippen LogP contribution >= 0.6 is 0 Å². The van der Waals surface area contributed by atoms with Crippen molar-refractivity contribution in [3.05, 3.63) is 64.1 Å². The molecule has 1 N–H and O–H groups in total. The number of hydrogen-bond acceptors (Lipinski definition) is 3. The smallest absolute Gasteiger partial charge is 0.252 e. The van der Waals surface area contributed by atoms with Crippen LogP contribution in [0.4, 0.5) is 0 Å². The second-order valence-corrected chi connectivity index (χ2v) is 5.07. The Hall–Kier alpha value is -2.56. The molecule has 0 fully saturated rings. The minimum absolute atomic E-state index is 0.183. The summed E-state index contributed by atoms with van der Waals surface area (Å²) in [4.78, 5) is 23.8. The summed E-state index contributed by atoms with van der Waals surface area (Å²) in [7, 11) is 1.64. The van der Waals surface area contributed by atoms with E-state index < -0.39 is 0 Å². The van der Waals surface area contributed by atoms with Gasteiger partial charge in [0.05, 0.1) is 12.6 Å². The molecule has 1 aromatic carbocycles. The topological polar surface area (TPSA) is 60.3 Å². The SMILES string of the molecule is CCOc1cccc([C@H](C)NC(=O)c2ccn(C)c(=O)c2)c1. The summed E-state index contributed by atoms with van der Waals surface area (Å²) in [5.74, 6) is 0.502. The quantitative estimate of drug-likeness (QED) is 0.921. The fourth-order valence-corrected chi connectivity index (χ4v) is 2.09. The third kappa shape index (κ3) is 3.75. The van der Waals surface area contributed by atoms with Crippen molar-refractivity contribution in [2.75, 3.05) is 6.61 Å². The molecule has 1 amide bonds. The molecular weight excluding hydrogens is 280 g/mol. The highest BCUT2D eigenvalue weighted by Crippen LogP contribution is 2.19. The second-order valence-electron chi connectivity index (χ2n) is 5.07. The molecule has 0 aliphatic heterocycles. The van der Waals surface area contributed by atoms with Crippen molar-refractivity contribution < 1.29 is 9.53 Å². The molecule has 1 aromatic heterocycles. The molecule has 0 unspecified atom stereocenters. The zero-order chi connectivity index (χ0) is 16.1. The Balaban J connectivity index is 2.12. The first-order valence-corrected chi connectivity index (χ1v) is 7.21. The van der Waals surface area contributed by atoms with Crippen LogP contribution in [-0.2, 0) is 7.05 Å². The van der Waals surface area contributed by atoms with Crippen molar-refractivity contribution in [1.82, 2.24) is 9.88 Å². The van der Waals surface area contributed by atoms with E-state index in [1.165, 1.54) is 10.6 Å². The van der Waals surface area contributed by atoms with E-state index >= 15 is 0 Å². The monoisotopic (exact) mass is 300 g/mol. The summed E-state index contributed by atoms with van der Waals surface area (Å²) >= 11 is 0. The number of nitrogens with one attached hydrogen (secondary N) is 1. The lowest BCUT2D eigenvalue weighted by Crippen LogP contribution is -2.28. The molecule has 2 rings (SSSR count). The van der Waals surface area contributed by atoms with Gasteiger partial charge in [-0.3, -0.25) is 9.59 Å². The highest BCUT2D eigenvalue weighted by molar-refractivity contribution is 5.94. The Morgan fingerprint density at radius 3 is 2.77 bits per heavy atom. The molecule has 0 aliphatic rings. The van der Waals surface area contributed by atoms with Crippen molar-refractivity contribution in [3.8, 4) is 5.75 Å². The van der Waals surface area contributed by atoms with Crippen LogP contribution in [0.5, 0.6) is 5.75 Å². The van der Waals surface area contributed by atoms with Gasteiger partial charge < -0.3 is 14.6 Å². The van der Waals surface area contributed by atoms with Gasteiger partial charge in [0.15, 0.2) is 0 Å². The summed E-state index contributed by atoms with van der Waals surface area (Å²) in [6.07, 6.45) is 1.58. The number of nitrogens with zero attached hydrogens (tertiary/aromatic N) is 1. The van der Waals surface area contributed by atoms with E-state index in [0.29, 0.717) is 12.2 Å². The van der Waals surface area contributed by atoms with Gasteiger partial charge in [0.1, 0.15) is 5.75 Å². The molecule has 0 saturated heterocycles. The molecule has 0 spiro atoms. The first-order chi connectivity index (χ1) is 10.5. The van der Waals surface area contributed by atoms with Crippen molar-refractivity contribution in [2.24, 2.45) is 7.05 Å². The van der Waals surface area contributed by atoms with E-state index in [2.05, 4.69) is 5.32 Å². The van der Waals surface area contributed by atoms with Gasteiger partial charge in [-0.05, 0) is 37.6 Å². The maximum absolute atomic E-state index is 12.2. The number of benzene rings is 1. The fraction of sp³-hybridized carbons (Fsp3) is 0.294. The van der Waals surface area contributed by atoms with Crippen LogP contribution in [0.25, 0.3) is 0 Å². The third-order valence-electron chi connectivity index (χ3n) is 3.38. The molecule has 1 heterocycles. The van der Waals surface area contributed by atoms with E-state index in [1.54, 1.807) is 19.3 Å². The van der Waals surface area contributed by atoms with Crippen LogP contribution in [0.1, 0.15) is 35.8 Å². The van der Waals surface area contributed by atoms with Gasteiger partial charge >= 0.3 is 0 Å². The Morgan fingerprint density at radius 1 is 1.32 bits per heavy atom. The van der Waals surface area contributed by atoms with E-state index in [1.807, 2.05) is 38.1 Å². The second kappa shape index (κ2) is 6.93. The number of rotatable bonds is 5. The van der Waals surface area contributed by atoms with Gasteiger partial charge in [-0.25, -0.2) is 0 Å². The Labute approximate surface area is 129 Å². The number of aryl methyl sites for hydroxylation is 1. The Morgan fingerprint density at radius 2 is 2.09 bits per heavy atom. The number of hydrogen-bond donors (Lipinski definition) is 1. The van der Waals surface area contributed by atoms with E-state index in [4.69, 9.17) is 4.74 Å². The predicted octanol–water partition coefficient (Wildman–Crippen LogP) is 2.28. The number of carbonyl (C=O) groups is 1. The van der Waals surface area contributed by atoms with Gasteiger partial charge in [-0.1, -0.05) is 12.1 Å². The number of ether oxygens (including phenoxy) is 1. The molecule has 5 nitrogen and oxygen atoms in total. The maximum Gasteiger partial charge on any atom is 0.252 e. The van der Waals surface area contributed by atoms with Crippen LogP contribution in [0.2, 0.25) is 0 Å². The average Bonchev–Trinajstić information content (AvgIpc) is 2.50. The zero-order valence-electron chi connectivity index (χ0n) is 13.0.